The van der Waals surface area contributed by atoms with E-state index in [1.54, 1.807) is 12.1 Å². The van der Waals surface area contributed by atoms with Gasteiger partial charge in [0.25, 0.3) is 0 Å². The molecule has 2 aromatic rings. The lowest BCUT2D eigenvalue weighted by Gasteiger charge is -2.39. The van der Waals surface area contributed by atoms with Crippen LogP contribution in [-0.2, 0) is 9.84 Å². The number of benzene rings is 1. The summed E-state index contributed by atoms with van der Waals surface area (Å²) in [6.45, 7) is 0. The van der Waals surface area contributed by atoms with Gasteiger partial charge in [0.05, 0.1) is 4.90 Å². The third-order valence-corrected chi connectivity index (χ3v) is 6.94. The van der Waals surface area contributed by atoms with Crippen molar-refractivity contribution < 1.29 is 8.42 Å². The summed E-state index contributed by atoms with van der Waals surface area (Å²) in [5.41, 5.74) is 5.27. The van der Waals surface area contributed by atoms with Crippen LogP contribution >= 0.6 is 11.6 Å². The van der Waals surface area contributed by atoms with E-state index < -0.39 is 9.84 Å². The smallest absolute Gasteiger partial charge is 0.175 e. The van der Waals surface area contributed by atoms with Gasteiger partial charge in [0.2, 0.25) is 0 Å². The van der Waals surface area contributed by atoms with Crippen molar-refractivity contribution in [2.45, 2.75) is 37.0 Å². The van der Waals surface area contributed by atoms with Crippen molar-refractivity contribution in [1.29, 1.82) is 0 Å². The molecule has 1 heterocycles. The van der Waals surface area contributed by atoms with Gasteiger partial charge in [-0.3, -0.25) is 0 Å². The molecule has 1 spiro atoms. The van der Waals surface area contributed by atoms with Crippen LogP contribution in [0.4, 0.5) is 0 Å². The number of hydrogen-bond donors (Lipinski definition) is 0. The highest BCUT2D eigenvalue weighted by molar-refractivity contribution is 7.90. The number of halogens is 1. The van der Waals surface area contributed by atoms with E-state index in [-0.39, 0.29) is 0 Å². The molecule has 1 aromatic heterocycles. The maximum absolute atomic E-state index is 11.7. The summed E-state index contributed by atoms with van der Waals surface area (Å²) >= 11 is 5.94. The Kier molecular flexibility index (Phi) is 4.00. The second-order valence-electron chi connectivity index (χ2n) is 7.33. The topological polar surface area (TPSA) is 47.0 Å². The van der Waals surface area contributed by atoms with E-state index in [1.807, 2.05) is 30.5 Å². The summed E-state index contributed by atoms with van der Waals surface area (Å²) in [6, 6.07) is 11.2. The molecular formula is C20H20ClNO2S. The van der Waals surface area contributed by atoms with Crippen molar-refractivity contribution >= 4 is 32.6 Å². The molecule has 0 radical (unpaired) electrons. The van der Waals surface area contributed by atoms with Crippen molar-refractivity contribution in [3.63, 3.8) is 0 Å². The van der Waals surface area contributed by atoms with E-state index >= 15 is 0 Å². The second kappa shape index (κ2) is 5.96. The van der Waals surface area contributed by atoms with Gasteiger partial charge >= 0.3 is 0 Å². The quantitative estimate of drug-likeness (QED) is 0.710. The lowest BCUT2D eigenvalue weighted by atomic mass is 9.66. The molecule has 1 saturated carbocycles. The van der Waals surface area contributed by atoms with Gasteiger partial charge in [0.15, 0.2) is 9.84 Å². The highest BCUT2D eigenvalue weighted by atomic mass is 35.5. The normalized spacial score (nSPS) is 19.3. The molecule has 1 fully saturated rings. The monoisotopic (exact) mass is 373 g/mol. The highest BCUT2D eigenvalue weighted by Gasteiger charge is 2.43. The number of nitrogens with zero attached hydrogens (tertiary/aromatic N) is 1. The largest absolute Gasteiger partial charge is 0.244 e. The highest BCUT2D eigenvalue weighted by Crippen LogP contribution is 2.59. The minimum Gasteiger partial charge on any atom is -0.244 e. The Labute approximate surface area is 153 Å². The Morgan fingerprint density at radius 3 is 2.04 bits per heavy atom. The average Bonchev–Trinajstić information content (AvgIpc) is 2.96. The fourth-order valence-electron chi connectivity index (χ4n) is 4.07. The summed E-state index contributed by atoms with van der Waals surface area (Å²) in [5.74, 6) is 0. The zero-order valence-corrected chi connectivity index (χ0v) is 15.7. The zero-order chi connectivity index (χ0) is 17.7. The molecule has 0 bridgehead atoms. The van der Waals surface area contributed by atoms with Gasteiger partial charge in [0, 0.05) is 12.5 Å². The predicted molar refractivity (Wildman–Crippen MR) is 101 cm³/mol. The third kappa shape index (κ3) is 3.13. The molecule has 0 unspecified atom stereocenters. The molecule has 4 rings (SSSR count). The molecule has 2 aliphatic carbocycles. The maximum atomic E-state index is 11.7. The number of hydrogen-bond acceptors (Lipinski definition) is 3. The van der Waals surface area contributed by atoms with Crippen LogP contribution in [-0.4, -0.2) is 19.7 Å². The van der Waals surface area contributed by atoms with Gasteiger partial charge < -0.3 is 0 Å². The Hall–Kier alpha value is -1.65. The Balaban J connectivity index is 1.77. The molecule has 0 amide bonds. The van der Waals surface area contributed by atoms with Crippen molar-refractivity contribution in [2.24, 2.45) is 5.41 Å². The summed E-state index contributed by atoms with van der Waals surface area (Å²) in [7, 11) is -3.17. The standard InChI is InChI=1S/C20H20ClNO2S/c1-25(23,24)16-6-3-14(4-7-16)17-11-20(9-2-10-20)12-18(17)15-5-8-19(21)22-13-15/h3-8,13H,2,9-12H2,1H3. The molecule has 0 aliphatic heterocycles. The molecule has 1 aromatic carbocycles. The van der Waals surface area contributed by atoms with E-state index in [4.69, 9.17) is 11.6 Å². The second-order valence-corrected chi connectivity index (χ2v) is 9.73. The summed E-state index contributed by atoms with van der Waals surface area (Å²) in [6.07, 6.45) is 9.05. The lowest BCUT2D eigenvalue weighted by Crippen LogP contribution is -2.26. The minimum atomic E-state index is -3.17. The number of allylic oxidation sites excluding steroid dienone is 2. The summed E-state index contributed by atoms with van der Waals surface area (Å²) in [4.78, 5) is 4.61. The first-order valence-corrected chi connectivity index (χ1v) is 10.8. The molecule has 0 saturated heterocycles. The van der Waals surface area contributed by atoms with Gasteiger partial charge in [-0.2, -0.15) is 0 Å². The molecule has 130 valence electrons. The fraction of sp³-hybridized carbons (Fsp3) is 0.350. The first kappa shape index (κ1) is 16.8. The van der Waals surface area contributed by atoms with Crippen molar-refractivity contribution in [3.8, 4) is 0 Å². The number of rotatable bonds is 3. The molecule has 25 heavy (non-hydrogen) atoms. The van der Waals surface area contributed by atoms with Crippen LogP contribution in [0.5, 0.6) is 0 Å². The van der Waals surface area contributed by atoms with Crippen molar-refractivity contribution in [1.82, 2.24) is 4.98 Å². The van der Waals surface area contributed by atoms with Crippen molar-refractivity contribution in [2.75, 3.05) is 6.26 Å². The van der Waals surface area contributed by atoms with Crippen LogP contribution in [0, 0.1) is 5.41 Å². The predicted octanol–water partition coefficient (Wildman–Crippen LogP) is 5.01. The maximum Gasteiger partial charge on any atom is 0.175 e. The van der Waals surface area contributed by atoms with E-state index in [9.17, 15) is 8.42 Å². The fourth-order valence-corrected chi connectivity index (χ4v) is 4.81. The van der Waals surface area contributed by atoms with Crippen LogP contribution < -0.4 is 0 Å². The Bertz CT molecular complexity index is 940. The SMILES string of the molecule is CS(=O)(=O)c1ccc(C2=C(c3ccc(Cl)nc3)CC3(CCC3)C2)cc1. The molecule has 3 nitrogen and oxygen atoms in total. The van der Waals surface area contributed by atoms with E-state index in [2.05, 4.69) is 4.98 Å². The van der Waals surface area contributed by atoms with Gasteiger partial charge in [-0.25, -0.2) is 13.4 Å². The van der Waals surface area contributed by atoms with Crippen LogP contribution in [0.1, 0.15) is 43.2 Å². The summed E-state index contributed by atoms with van der Waals surface area (Å²) < 4.78 is 23.4. The van der Waals surface area contributed by atoms with E-state index in [1.165, 1.54) is 36.7 Å². The molecule has 5 heteroatoms. The first-order chi connectivity index (χ1) is 11.9. The number of sulfone groups is 1. The van der Waals surface area contributed by atoms with Crippen LogP contribution in [0.15, 0.2) is 47.5 Å². The number of pyridine rings is 1. The third-order valence-electron chi connectivity index (χ3n) is 5.59. The molecule has 0 atom stereocenters. The Morgan fingerprint density at radius 2 is 1.56 bits per heavy atom. The van der Waals surface area contributed by atoms with Gasteiger partial charge in [-0.15, -0.1) is 0 Å². The lowest BCUT2D eigenvalue weighted by molar-refractivity contribution is 0.157. The molecule has 2 aliphatic rings. The Morgan fingerprint density at radius 1 is 0.960 bits per heavy atom. The first-order valence-electron chi connectivity index (χ1n) is 8.51. The van der Waals surface area contributed by atoms with Crippen molar-refractivity contribution in [3.05, 3.63) is 58.9 Å². The zero-order valence-electron chi connectivity index (χ0n) is 14.1. The van der Waals surface area contributed by atoms with Crippen LogP contribution in [0.25, 0.3) is 11.1 Å². The minimum absolute atomic E-state index is 0.364. The van der Waals surface area contributed by atoms with Crippen LogP contribution in [0.3, 0.4) is 0 Å². The average molecular weight is 374 g/mol. The number of aromatic nitrogens is 1. The van der Waals surface area contributed by atoms with Gasteiger partial charge in [-0.05, 0) is 71.6 Å². The molecule has 0 N–H and O–H groups in total. The van der Waals surface area contributed by atoms with E-state index in [0.29, 0.717) is 15.5 Å². The van der Waals surface area contributed by atoms with Gasteiger partial charge in [0.1, 0.15) is 5.15 Å². The molecular weight excluding hydrogens is 354 g/mol. The summed E-state index contributed by atoms with van der Waals surface area (Å²) in [5, 5.41) is 0.500. The van der Waals surface area contributed by atoms with Gasteiger partial charge in [-0.1, -0.05) is 36.2 Å². The van der Waals surface area contributed by atoms with E-state index in [0.717, 1.165) is 24.0 Å². The van der Waals surface area contributed by atoms with Crippen LogP contribution in [0.2, 0.25) is 5.15 Å².